The number of aromatic nitrogens is 1. The highest BCUT2D eigenvalue weighted by Crippen LogP contribution is 2.24. The molecule has 1 amide bonds. The van der Waals surface area contributed by atoms with E-state index in [-0.39, 0.29) is 23.7 Å². The summed E-state index contributed by atoms with van der Waals surface area (Å²) in [6.45, 7) is 4.44. The molecule has 0 unspecified atom stereocenters. The molecule has 0 aliphatic rings. The van der Waals surface area contributed by atoms with Crippen molar-refractivity contribution in [1.82, 2.24) is 4.57 Å². The number of aryl methyl sites for hydroxylation is 1. The predicted octanol–water partition coefficient (Wildman–Crippen LogP) is 4.23. The van der Waals surface area contributed by atoms with Gasteiger partial charge in [-0.1, -0.05) is 17.7 Å². The number of hydrogen-bond acceptors (Lipinski definition) is 4. The summed E-state index contributed by atoms with van der Waals surface area (Å²) in [5.74, 6) is -0.576. The van der Waals surface area contributed by atoms with Gasteiger partial charge < -0.3 is 15.0 Å². The molecule has 1 aromatic carbocycles. The molecule has 3 rings (SSSR count). The highest BCUT2D eigenvalue weighted by molar-refractivity contribution is 7.09. The van der Waals surface area contributed by atoms with Crippen LogP contribution >= 0.6 is 22.9 Å². The fourth-order valence-corrected chi connectivity index (χ4v) is 3.79. The van der Waals surface area contributed by atoms with Crippen LogP contribution in [0.2, 0.25) is 5.02 Å². The summed E-state index contributed by atoms with van der Waals surface area (Å²) in [4.78, 5) is 25.4. The van der Waals surface area contributed by atoms with Gasteiger partial charge in [-0.3, -0.25) is 9.59 Å². The van der Waals surface area contributed by atoms with Crippen LogP contribution in [0.25, 0.3) is 0 Å². The first-order valence-corrected chi connectivity index (χ1v) is 9.57. The van der Waals surface area contributed by atoms with Gasteiger partial charge in [-0.15, -0.1) is 11.3 Å². The molecule has 0 bridgehead atoms. The van der Waals surface area contributed by atoms with E-state index in [1.54, 1.807) is 17.4 Å². The molecule has 0 saturated heterocycles. The number of rotatable bonds is 7. The number of nitrogens with zero attached hydrogens (tertiary/aromatic N) is 1. The minimum absolute atomic E-state index is 0.151. The molecule has 0 spiro atoms. The van der Waals surface area contributed by atoms with Crippen molar-refractivity contribution in [3.05, 3.63) is 74.2 Å². The van der Waals surface area contributed by atoms with Crippen molar-refractivity contribution >= 4 is 34.6 Å². The molecule has 0 aliphatic heterocycles. The number of carbonyl (C=O) groups is 2. The average molecular weight is 403 g/mol. The number of carbonyl (C=O) groups excluding carboxylic acids is 2. The van der Waals surface area contributed by atoms with E-state index in [4.69, 9.17) is 22.1 Å². The molecule has 27 heavy (non-hydrogen) atoms. The number of nitrogens with two attached hydrogens (primary N) is 1. The fourth-order valence-electron chi connectivity index (χ4n) is 2.93. The summed E-state index contributed by atoms with van der Waals surface area (Å²) in [5, 5.41) is 2.41. The number of primary amides is 1. The molecule has 5 nitrogen and oxygen atoms in total. The van der Waals surface area contributed by atoms with Crippen molar-refractivity contribution in [1.29, 1.82) is 0 Å². The fraction of sp³-hybridized carbons (Fsp3) is 0.200. The van der Waals surface area contributed by atoms with Crippen molar-refractivity contribution in [2.24, 2.45) is 5.73 Å². The maximum Gasteiger partial charge on any atom is 0.252 e. The Labute approximate surface area is 166 Å². The van der Waals surface area contributed by atoms with Gasteiger partial charge in [0, 0.05) is 26.9 Å². The SMILES string of the molecule is Cc1cc(C(=O)COc2ccc(Cl)cc2C(N)=O)c(C)n1Cc1cccs1. The maximum absolute atomic E-state index is 12.7. The molecule has 0 radical (unpaired) electrons. The number of ether oxygens (including phenoxy) is 1. The first-order chi connectivity index (χ1) is 12.9. The van der Waals surface area contributed by atoms with E-state index >= 15 is 0 Å². The van der Waals surface area contributed by atoms with Crippen LogP contribution in [0.1, 0.15) is 37.0 Å². The first kappa shape index (κ1) is 19.2. The summed E-state index contributed by atoms with van der Waals surface area (Å²) in [6, 6.07) is 10.5. The van der Waals surface area contributed by atoms with Crippen molar-refractivity contribution in [2.45, 2.75) is 20.4 Å². The normalized spacial score (nSPS) is 10.8. The lowest BCUT2D eigenvalue weighted by atomic mass is 10.1. The standard InChI is InChI=1S/C20H19ClN2O3S/c1-12-8-16(13(2)23(12)10-15-4-3-7-27-15)18(24)11-26-19-6-5-14(21)9-17(19)20(22)25/h3-9H,10-11H2,1-2H3,(H2,22,25). The number of amides is 1. The zero-order valence-electron chi connectivity index (χ0n) is 15.0. The highest BCUT2D eigenvalue weighted by Gasteiger charge is 2.18. The van der Waals surface area contributed by atoms with Gasteiger partial charge in [0.2, 0.25) is 5.78 Å². The average Bonchev–Trinajstić information content (AvgIpc) is 3.24. The van der Waals surface area contributed by atoms with Crippen molar-refractivity contribution in [2.75, 3.05) is 6.61 Å². The summed E-state index contributed by atoms with van der Waals surface area (Å²) in [7, 11) is 0. The minimum atomic E-state index is -0.658. The predicted molar refractivity (Wildman–Crippen MR) is 107 cm³/mol. The summed E-state index contributed by atoms with van der Waals surface area (Å²) < 4.78 is 7.67. The van der Waals surface area contributed by atoms with Crippen LogP contribution in [0.5, 0.6) is 5.75 Å². The molecule has 3 aromatic rings. The van der Waals surface area contributed by atoms with Gasteiger partial charge in [0.15, 0.2) is 6.61 Å². The molecule has 0 fully saturated rings. The van der Waals surface area contributed by atoms with E-state index in [1.807, 2.05) is 31.4 Å². The van der Waals surface area contributed by atoms with Crippen LogP contribution in [0, 0.1) is 13.8 Å². The lowest BCUT2D eigenvalue weighted by Crippen LogP contribution is -2.17. The van der Waals surface area contributed by atoms with Crippen molar-refractivity contribution < 1.29 is 14.3 Å². The van der Waals surface area contributed by atoms with Gasteiger partial charge in [-0.05, 0) is 49.6 Å². The van der Waals surface area contributed by atoms with Crippen LogP contribution in [-0.4, -0.2) is 22.9 Å². The number of thiophene rings is 1. The van der Waals surface area contributed by atoms with Crippen LogP contribution in [0.15, 0.2) is 41.8 Å². The smallest absolute Gasteiger partial charge is 0.252 e. The Kier molecular flexibility index (Phi) is 5.68. The molecular weight excluding hydrogens is 384 g/mol. The maximum atomic E-state index is 12.7. The quantitative estimate of drug-likeness (QED) is 0.601. The molecule has 0 aliphatic carbocycles. The van der Waals surface area contributed by atoms with E-state index in [0.29, 0.717) is 10.6 Å². The Bertz CT molecular complexity index is 993. The third-order valence-corrected chi connectivity index (χ3v) is 5.43. The van der Waals surface area contributed by atoms with Gasteiger partial charge in [0.05, 0.1) is 12.1 Å². The van der Waals surface area contributed by atoms with Crippen LogP contribution in [0.3, 0.4) is 0 Å². The molecule has 140 valence electrons. The largest absolute Gasteiger partial charge is 0.485 e. The Hall–Kier alpha value is -2.57. The van der Waals surface area contributed by atoms with E-state index < -0.39 is 5.91 Å². The molecular formula is C20H19ClN2O3S. The Balaban J connectivity index is 1.77. The minimum Gasteiger partial charge on any atom is -0.485 e. The molecule has 2 aromatic heterocycles. The lowest BCUT2D eigenvalue weighted by molar-refractivity contribution is 0.0911. The van der Waals surface area contributed by atoms with Crippen molar-refractivity contribution in [3.8, 4) is 5.75 Å². The lowest BCUT2D eigenvalue weighted by Gasteiger charge is -2.10. The second-order valence-corrected chi connectivity index (χ2v) is 7.64. The monoisotopic (exact) mass is 402 g/mol. The Morgan fingerprint density at radius 3 is 2.63 bits per heavy atom. The number of halogens is 1. The Morgan fingerprint density at radius 1 is 1.19 bits per heavy atom. The van der Waals surface area contributed by atoms with E-state index in [1.165, 1.54) is 17.0 Å². The van der Waals surface area contributed by atoms with E-state index in [0.717, 1.165) is 17.9 Å². The van der Waals surface area contributed by atoms with Gasteiger partial charge in [0.1, 0.15) is 5.75 Å². The molecule has 2 heterocycles. The topological polar surface area (TPSA) is 74.3 Å². The van der Waals surface area contributed by atoms with E-state index in [9.17, 15) is 9.59 Å². The van der Waals surface area contributed by atoms with Crippen molar-refractivity contribution in [3.63, 3.8) is 0 Å². The van der Waals surface area contributed by atoms with Gasteiger partial charge >= 0.3 is 0 Å². The third-order valence-electron chi connectivity index (χ3n) is 4.33. The second kappa shape index (κ2) is 7.98. The molecule has 0 atom stereocenters. The van der Waals surface area contributed by atoms with Crippen LogP contribution in [-0.2, 0) is 6.54 Å². The molecule has 7 heteroatoms. The highest BCUT2D eigenvalue weighted by atomic mass is 35.5. The number of hydrogen-bond donors (Lipinski definition) is 1. The number of ketones is 1. The van der Waals surface area contributed by atoms with Gasteiger partial charge in [0.25, 0.3) is 5.91 Å². The molecule has 2 N–H and O–H groups in total. The van der Waals surface area contributed by atoms with Crippen LogP contribution < -0.4 is 10.5 Å². The number of Topliss-reactive ketones (excluding diaryl/α,β-unsaturated/α-hetero) is 1. The van der Waals surface area contributed by atoms with Crippen LogP contribution in [0.4, 0.5) is 0 Å². The second-order valence-electron chi connectivity index (χ2n) is 6.17. The zero-order chi connectivity index (χ0) is 19.6. The summed E-state index contributed by atoms with van der Waals surface area (Å²) in [5.41, 5.74) is 8.01. The van der Waals surface area contributed by atoms with Gasteiger partial charge in [-0.25, -0.2) is 0 Å². The third kappa shape index (κ3) is 4.23. The molecule has 0 saturated carbocycles. The zero-order valence-corrected chi connectivity index (χ0v) is 16.6. The number of benzene rings is 1. The first-order valence-electron chi connectivity index (χ1n) is 8.31. The van der Waals surface area contributed by atoms with Gasteiger partial charge in [-0.2, -0.15) is 0 Å². The van der Waals surface area contributed by atoms with E-state index in [2.05, 4.69) is 10.6 Å². The Morgan fingerprint density at radius 2 is 1.96 bits per heavy atom. The summed E-state index contributed by atoms with van der Waals surface area (Å²) in [6.07, 6.45) is 0. The summed E-state index contributed by atoms with van der Waals surface area (Å²) >= 11 is 7.57.